The van der Waals surface area contributed by atoms with E-state index < -0.39 is 11.9 Å². The van der Waals surface area contributed by atoms with E-state index in [1.54, 1.807) is 0 Å². The number of anilines is 1. The molecule has 114 valence electrons. The van der Waals surface area contributed by atoms with Crippen molar-refractivity contribution in [1.29, 1.82) is 0 Å². The maximum absolute atomic E-state index is 12.2. The third-order valence-electron chi connectivity index (χ3n) is 3.02. The second kappa shape index (κ2) is 8.04. The van der Waals surface area contributed by atoms with Gasteiger partial charge in [0.15, 0.2) is 0 Å². The molecule has 0 aliphatic rings. The molecular weight excluding hydrogens is 274 g/mol. The average Bonchev–Trinajstić information content (AvgIpc) is 2.45. The number of rotatable bonds is 8. The maximum Gasteiger partial charge on any atom is 0.335 e. The van der Waals surface area contributed by atoms with Gasteiger partial charge in [0.2, 0.25) is 5.91 Å². The molecule has 0 aliphatic heterocycles. The highest BCUT2D eigenvalue weighted by molar-refractivity contribution is 5.94. The van der Waals surface area contributed by atoms with Crippen molar-refractivity contribution < 1.29 is 24.6 Å². The van der Waals surface area contributed by atoms with Gasteiger partial charge in [0.25, 0.3) is 0 Å². The Morgan fingerprint density at radius 1 is 1.05 bits per heavy atom. The number of hydrogen-bond donors (Lipinski definition) is 2. The van der Waals surface area contributed by atoms with Crippen LogP contribution in [0.5, 0.6) is 0 Å². The number of carboxylic acids is 2. The number of amides is 1. The molecule has 0 heterocycles. The van der Waals surface area contributed by atoms with Gasteiger partial charge in [-0.15, -0.1) is 0 Å². The van der Waals surface area contributed by atoms with Crippen LogP contribution in [0.15, 0.2) is 24.3 Å². The second-order valence-electron chi connectivity index (χ2n) is 4.64. The number of benzene rings is 1. The first-order chi connectivity index (χ1) is 9.95. The number of carboxylic acid groups (broad SMARTS) is 2. The van der Waals surface area contributed by atoms with Crippen molar-refractivity contribution in [2.75, 3.05) is 11.4 Å². The molecule has 0 atom stereocenters. The lowest BCUT2D eigenvalue weighted by atomic mass is 10.1. The van der Waals surface area contributed by atoms with Crippen molar-refractivity contribution in [3.8, 4) is 0 Å². The summed E-state index contributed by atoms with van der Waals surface area (Å²) in [6, 6.07) is 5.85. The number of nitrogens with zero attached hydrogens (tertiary/aromatic N) is 1. The Balaban J connectivity index is 2.90. The molecule has 1 aromatic rings. The third kappa shape index (κ3) is 5.25. The minimum Gasteiger partial charge on any atom is -0.481 e. The lowest BCUT2D eigenvalue weighted by Crippen LogP contribution is -2.32. The van der Waals surface area contributed by atoms with E-state index in [0.29, 0.717) is 12.1 Å². The summed E-state index contributed by atoms with van der Waals surface area (Å²) in [7, 11) is 0. The quantitative estimate of drug-likeness (QED) is 0.767. The first kappa shape index (κ1) is 16.7. The summed E-state index contributed by atoms with van der Waals surface area (Å²) in [6.07, 6.45) is 1.79. The fourth-order valence-corrected chi connectivity index (χ4v) is 1.85. The zero-order chi connectivity index (χ0) is 15.8. The van der Waals surface area contributed by atoms with Gasteiger partial charge >= 0.3 is 11.9 Å². The normalized spacial score (nSPS) is 10.1. The Morgan fingerprint density at radius 2 is 1.67 bits per heavy atom. The predicted molar refractivity (Wildman–Crippen MR) is 77.5 cm³/mol. The van der Waals surface area contributed by atoms with Crippen molar-refractivity contribution in [2.24, 2.45) is 0 Å². The maximum atomic E-state index is 12.2. The summed E-state index contributed by atoms with van der Waals surface area (Å²) in [5.74, 6) is -2.18. The lowest BCUT2D eigenvalue weighted by Gasteiger charge is -2.22. The van der Waals surface area contributed by atoms with E-state index in [-0.39, 0.29) is 24.4 Å². The van der Waals surface area contributed by atoms with Crippen molar-refractivity contribution in [1.82, 2.24) is 0 Å². The van der Waals surface area contributed by atoms with Crippen molar-refractivity contribution >= 4 is 23.5 Å². The second-order valence-corrected chi connectivity index (χ2v) is 4.64. The van der Waals surface area contributed by atoms with Crippen LogP contribution in [0.3, 0.4) is 0 Å². The zero-order valence-corrected chi connectivity index (χ0v) is 11.9. The molecule has 0 aliphatic carbocycles. The largest absolute Gasteiger partial charge is 0.481 e. The van der Waals surface area contributed by atoms with Crippen LogP contribution < -0.4 is 4.90 Å². The van der Waals surface area contributed by atoms with Crippen LogP contribution in [0.2, 0.25) is 0 Å². The Hall–Kier alpha value is -2.37. The molecule has 0 saturated heterocycles. The van der Waals surface area contributed by atoms with Gasteiger partial charge < -0.3 is 15.1 Å². The van der Waals surface area contributed by atoms with E-state index in [0.717, 1.165) is 12.8 Å². The summed E-state index contributed by atoms with van der Waals surface area (Å²) < 4.78 is 0. The lowest BCUT2D eigenvalue weighted by molar-refractivity contribution is -0.136. The molecule has 6 heteroatoms. The van der Waals surface area contributed by atoms with Crippen LogP contribution >= 0.6 is 0 Å². The molecule has 0 bridgehead atoms. The van der Waals surface area contributed by atoms with Crippen molar-refractivity contribution in [3.63, 3.8) is 0 Å². The topological polar surface area (TPSA) is 94.9 Å². The van der Waals surface area contributed by atoms with Crippen molar-refractivity contribution in [2.45, 2.75) is 32.6 Å². The Morgan fingerprint density at radius 3 is 2.14 bits per heavy atom. The van der Waals surface area contributed by atoms with Crippen molar-refractivity contribution in [3.05, 3.63) is 29.8 Å². The van der Waals surface area contributed by atoms with E-state index in [1.807, 2.05) is 6.92 Å². The van der Waals surface area contributed by atoms with Crippen LogP contribution in [0.25, 0.3) is 0 Å². The smallest absolute Gasteiger partial charge is 0.335 e. The zero-order valence-electron chi connectivity index (χ0n) is 11.9. The molecule has 2 N–H and O–H groups in total. The highest BCUT2D eigenvalue weighted by Crippen LogP contribution is 2.18. The van der Waals surface area contributed by atoms with Gasteiger partial charge in [0.1, 0.15) is 0 Å². The Bertz CT molecular complexity index is 509. The predicted octanol–water partition coefficient (Wildman–Crippen LogP) is 2.38. The Kier molecular flexibility index (Phi) is 6.39. The molecule has 0 radical (unpaired) electrons. The number of aliphatic carboxylic acids is 1. The molecule has 0 saturated carbocycles. The minimum absolute atomic E-state index is 0.0737. The fraction of sp³-hybridized carbons (Fsp3) is 0.400. The molecule has 0 aromatic heterocycles. The van der Waals surface area contributed by atoms with Gasteiger partial charge in [-0.25, -0.2) is 4.79 Å². The van der Waals surface area contributed by atoms with E-state index in [2.05, 4.69) is 0 Å². The molecule has 1 aromatic carbocycles. The molecular formula is C15H19NO5. The molecule has 21 heavy (non-hydrogen) atoms. The number of unbranched alkanes of at least 4 members (excludes halogenated alkanes) is 1. The fourth-order valence-electron chi connectivity index (χ4n) is 1.85. The van der Waals surface area contributed by atoms with E-state index in [4.69, 9.17) is 10.2 Å². The highest BCUT2D eigenvalue weighted by Gasteiger charge is 2.16. The number of aromatic carboxylic acids is 1. The molecule has 0 unspecified atom stereocenters. The highest BCUT2D eigenvalue weighted by atomic mass is 16.4. The number of carbonyl (C=O) groups excluding carboxylic acids is 1. The summed E-state index contributed by atoms with van der Waals surface area (Å²) in [4.78, 5) is 35.1. The van der Waals surface area contributed by atoms with Gasteiger partial charge in [-0.05, 0) is 30.7 Å². The average molecular weight is 293 g/mol. The SMILES string of the molecule is CCCCC(=O)N(CCC(=O)O)c1ccc(C(=O)O)cc1. The van der Waals surface area contributed by atoms with E-state index in [1.165, 1.54) is 29.2 Å². The number of hydrogen-bond acceptors (Lipinski definition) is 3. The minimum atomic E-state index is -1.05. The van der Waals surface area contributed by atoms with Gasteiger partial charge in [-0.2, -0.15) is 0 Å². The molecule has 6 nitrogen and oxygen atoms in total. The van der Waals surface area contributed by atoms with E-state index in [9.17, 15) is 14.4 Å². The van der Waals surface area contributed by atoms with Crippen LogP contribution in [0, 0.1) is 0 Å². The van der Waals surface area contributed by atoms with Gasteiger partial charge in [-0.1, -0.05) is 13.3 Å². The van der Waals surface area contributed by atoms with Crippen LogP contribution in [-0.2, 0) is 9.59 Å². The summed E-state index contributed by atoms with van der Waals surface area (Å²) in [5.41, 5.74) is 0.639. The molecule has 1 rings (SSSR count). The van der Waals surface area contributed by atoms with Crippen LogP contribution in [-0.4, -0.2) is 34.6 Å². The van der Waals surface area contributed by atoms with E-state index >= 15 is 0 Å². The Labute approximate surface area is 123 Å². The third-order valence-corrected chi connectivity index (χ3v) is 3.02. The summed E-state index contributed by atoms with van der Waals surface area (Å²) >= 11 is 0. The monoisotopic (exact) mass is 293 g/mol. The summed E-state index contributed by atoms with van der Waals surface area (Å²) in [6.45, 7) is 2.04. The standard InChI is InChI=1S/C15H19NO5/c1-2-3-4-13(17)16(10-9-14(18)19)12-7-5-11(6-8-12)15(20)21/h5-8H,2-4,9-10H2,1H3,(H,18,19)(H,20,21). The van der Waals surface area contributed by atoms with Crippen LogP contribution in [0.1, 0.15) is 43.0 Å². The number of carbonyl (C=O) groups is 3. The molecule has 0 fully saturated rings. The van der Waals surface area contributed by atoms with Crippen LogP contribution in [0.4, 0.5) is 5.69 Å². The molecule has 1 amide bonds. The summed E-state index contributed by atoms with van der Waals surface area (Å²) in [5, 5.41) is 17.6. The molecule has 0 spiro atoms. The van der Waals surface area contributed by atoms with Gasteiger partial charge in [0, 0.05) is 18.7 Å². The first-order valence-corrected chi connectivity index (χ1v) is 6.81. The van der Waals surface area contributed by atoms with Gasteiger partial charge in [0.05, 0.1) is 12.0 Å². The van der Waals surface area contributed by atoms with Gasteiger partial charge in [-0.3, -0.25) is 9.59 Å². The first-order valence-electron chi connectivity index (χ1n) is 6.81.